The van der Waals surface area contributed by atoms with E-state index in [0.717, 1.165) is 0 Å². The normalized spacial score (nSPS) is 22.6. The molecule has 0 aliphatic heterocycles. The molecule has 1 rings (SSSR count). The van der Waals surface area contributed by atoms with Crippen molar-refractivity contribution >= 4 is 11.8 Å². The molecule has 0 aromatic rings. The maximum atomic E-state index is 3.69. The fourth-order valence-corrected chi connectivity index (χ4v) is 1.72. The number of hydrogen-bond donors (Lipinski definition) is 0. The van der Waals surface area contributed by atoms with Gasteiger partial charge in [-0.2, -0.15) is 0 Å². The molecule has 0 N–H and O–H groups in total. The summed E-state index contributed by atoms with van der Waals surface area (Å²) < 4.78 is 0. The zero-order chi connectivity index (χ0) is 11.4. The maximum absolute atomic E-state index is 3.69. The summed E-state index contributed by atoms with van der Waals surface area (Å²) in [4.78, 5) is 0. The zero-order valence-electron chi connectivity index (χ0n) is 10.2. The highest BCUT2D eigenvalue weighted by Gasteiger charge is 2.11. The SMILES string of the molecule is C=CSC1C=CC=CC1C.CC.CC. The minimum absolute atomic E-state index is 0.600. The van der Waals surface area contributed by atoms with Gasteiger partial charge in [0.05, 0.1) is 0 Å². The van der Waals surface area contributed by atoms with Crippen LogP contribution in [0.15, 0.2) is 36.3 Å². The topological polar surface area (TPSA) is 0 Å². The molecule has 0 fully saturated rings. The van der Waals surface area contributed by atoms with Gasteiger partial charge in [0.2, 0.25) is 0 Å². The first-order valence-electron chi connectivity index (χ1n) is 5.46. The van der Waals surface area contributed by atoms with E-state index in [4.69, 9.17) is 0 Å². The van der Waals surface area contributed by atoms with Gasteiger partial charge in [-0.15, -0.1) is 11.8 Å². The van der Waals surface area contributed by atoms with Crippen LogP contribution in [0.1, 0.15) is 34.6 Å². The first-order valence-corrected chi connectivity index (χ1v) is 6.40. The van der Waals surface area contributed by atoms with E-state index < -0.39 is 0 Å². The van der Waals surface area contributed by atoms with E-state index in [1.54, 1.807) is 11.8 Å². The highest BCUT2D eigenvalue weighted by molar-refractivity contribution is 8.02. The van der Waals surface area contributed by atoms with Gasteiger partial charge < -0.3 is 0 Å². The Hall–Kier alpha value is -0.430. The van der Waals surface area contributed by atoms with Crippen molar-refractivity contribution in [3.63, 3.8) is 0 Å². The van der Waals surface area contributed by atoms with Crippen LogP contribution in [0.4, 0.5) is 0 Å². The third kappa shape index (κ3) is 7.02. The van der Waals surface area contributed by atoms with Crippen molar-refractivity contribution in [1.29, 1.82) is 0 Å². The van der Waals surface area contributed by atoms with E-state index in [-0.39, 0.29) is 0 Å². The van der Waals surface area contributed by atoms with Crippen LogP contribution in [-0.4, -0.2) is 5.25 Å². The predicted octanol–water partition coefficient (Wildman–Crippen LogP) is 5.05. The lowest BCUT2D eigenvalue weighted by atomic mass is 10.0. The second-order valence-electron chi connectivity index (χ2n) is 2.40. The molecule has 1 heteroatoms. The van der Waals surface area contributed by atoms with Gasteiger partial charge in [-0.3, -0.25) is 0 Å². The Morgan fingerprint density at radius 2 is 1.57 bits per heavy atom. The molecule has 0 aromatic heterocycles. The molecule has 0 saturated carbocycles. The molecule has 1 aliphatic rings. The summed E-state index contributed by atoms with van der Waals surface area (Å²) in [5.41, 5.74) is 0. The lowest BCUT2D eigenvalue weighted by Gasteiger charge is -2.17. The van der Waals surface area contributed by atoms with E-state index in [0.29, 0.717) is 11.2 Å². The minimum atomic E-state index is 0.600. The average Bonchev–Trinajstić information content (AvgIpc) is 2.28. The van der Waals surface area contributed by atoms with Gasteiger partial charge in [-0.1, -0.05) is 65.5 Å². The molecular weight excluding hydrogens is 188 g/mol. The summed E-state index contributed by atoms with van der Waals surface area (Å²) in [5.74, 6) is 0.646. The summed E-state index contributed by atoms with van der Waals surface area (Å²) in [6.07, 6.45) is 8.64. The van der Waals surface area contributed by atoms with Crippen molar-refractivity contribution in [2.45, 2.75) is 39.9 Å². The van der Waals surface area contributed by atoms with Crippen LogP contribution in [0.25, 0.3) is 0 Å². The van der Waals surface area contributed by atoms with Gasteiger partial charge in [0.15, 0.2) is 0 Å². The largest absolute Gasteiger partial charge is 0.127 e. The molecule has 0 radical (unpaired) electrons. The molecule has 0 amide bonds. The molecular formula is C13H24S. The van der Waals surface area contributed by atoms with Crippen molar-refractivity contribution < 1.29 is 0 Å². The molecule has 0 spiro atoms. The smallest absolute Gasteiger partial charge is 0.0331 e. The first-order chi connectivity index (χ1) is 6.84. The molecule has 0 heterocycles. The van der Waals surface area contributed by atoms with E-state index in [1.807, 2.05) is 33.1 Å². The van der Waals surface area contributed by atoms with Gasteiger partial charge in [-0.05, 0) is 11.3 Å². The summed E-state index contributed by atoms with van der Waals surface area (Å²) in [6.45, 7) is 13.9. The number of hydrogen-bond acceptors (Lipinski definition) is 1. The fourth-order valence-electron chi connectivity index (χ4n) is 0.978. The van der Waals surface area contributed by atoms with Crippen LogP contribution in [0.3, 0.4) is 0 Å². The predicted molar refractivity (Wildman–Crippen MR) is 71.7 cm³/mol. The van der Waals surface area contributed by atoms with Gasteiger partial charge >= 0.3 is 0 Å². The van der Waals surface area contributed by atoms with Crippen LogP contribution >= 0.6 is 11.8 Å². The van der Waals surface area contributed by atoms with Gasteiger partial charge in [-0.25, -0.2) is 0 Å². The van der Waals surface area contributed by atoms with E-state index >= 15 is 0 Å². The lowest BCUT2D eigenvalue weighted by molar-refractivity contribution is 0.754. The molecule has 0 aromatic carbocycles. The standard InChI is InChI=1S/C9H12S.2C2H6/c1-3-10-9-7-5-4-6-8(9)2;2*1-2/h3-9H,1H2,2H3;2*1-2H3. The Morgan fingerprint density at radius 3 is 2.00 bits per heavy atom. The quantitative estimate of drug-likeness (QED) is 0.617. The number of rotatable bonds is 2. The number of thioether (sulfide) groups is 1. The summed E-state index contributed by atoms with van der Waals surface area (Å²) in [7, 11) is 0. The van der Waals surface area contributed by atoms with Crippen LogP contribution in [0, 0.1) is 5.92 Å². The Morgan fingerprint density at radius 1 is 1.07 bits per heavy atom. The summed E-state index contributed by atoms with van der Waals surface area (Å²) in [6, 6.07) is 0. The molecule has 0 nitrogen and oxygen atoms in total. The highest BCUT2D eigenvalue weighted by Crippen LogP contribution is 2.24. The Labute approximate surface area is 94.2 Å². The second-order valence-corrected chi connectivity index (χ2v) is 3.55. The summed E-state index contributed by atoms with van der Waals surface area (Å²) >= 11 is 1.79. The minimum Gasteiger partial charge on any atom is -0.127 e. The summed E-state index contributed by atoms with van der Waals surface area (Å²) in [5, 5.41) is 2.51. The van der Waals surface area contributed by atoms with E-state index in [2.05, 4.69) is 37.8 Å². The average molecular weight is 212 g/mol. The zero-order valence-corrected chi connectivity index (χ0v) is 11.0. The van der Waals surface area contributed by atoms with E-state index in [9.17, 15) is 0 Å². The van der Waals surface area contributed by atoms with E-state index in [1.165, 1.54) is 0 Å². The molecule has 82 valence electrons. The molecule has 1 aliphatic carbocycles. The molecule has 2 unspecified atom stereocenters. The molecule has 0 saturated heterocycles. The van der Waals surface area contributed by atoms with Crippen molar-refractivity contribution in [2.24, 2.45) is 5.92 Å². The second kappa shape index (κ2) is 12.6. The van der Waals surface area contributed by atoms with Crippen LogP contribution in [0.5, 0.6) is 0 Å². The monoisotopic (exact) mass is 212 g/mol. The van der Waals surface area contributed by atoms with Crippen molar-refractivity contribution in [3.8, 4) is 0 Å². The van der Waals surface area contributed by atoms with Crippen molar-refractivity contribution in [2.75, 3.05) is 0 Å². The van der Waals surface area contributed by atoms with Crippen LogP contribution < -0.4 is 0 Å². The third-order valence-corrected chi connectivity index (χ3v) is 2.69. The number of allylic oxidation sites excluding steroid dienone is 3. The first kappa shape index (κ1) is 16.0. The Balaban J connectivity index is 0. The lowest BCUT2D eigenvalue weighted by Crippen LogP contribution is -2.09. The molecule has 2 atom stereocenters. The van der Waals surface area contributed by atoms with Gasteiger partial charge in [0.1, 0.15) is 0 Å². The Kier molecular flexibility index (Phi) is 14.4. The molecule has 14 heavy (non-hydrogen) atoms. The van der Waals surface area contributed by atoms with Crippen LogP contribution in [0.2, 0.25) is 0 Å². The highest BCUT2D eigenvalue weighted by atomic mass is 32.2. The van der Waals surface area contributed by atoms with Gasteiger partial charge in [0, 0.05) is 5.25 Å². The third-order valence-electron chi connectivity index (χ3n) is 1.60. The van der Waals surface area contributed by atoms with Gasteiger partial charge in [0.25, 0.3) is 0 Å². The fraction of sp³-hybridized carbons (Fsp3) is 0.538. The van der Waals surface area contributed by atoms with Crippen molar-refractivity contribution in [1.82, 2.24) is 0 Å². The molecule has 0 bridgehead atoms. The maximum Gasteiger partial charge on any atom is 0.0331 e. The van der Waals surface area contributed by atoms with Crippen LogP contribution in [-0.2, 0) is 0 Å². The Bertz CT molecular complexity index is 168. The van der Waals surface area contributed by atoms with Crippen molar-refractivity contribution in [3.05, 3.63) is 36.3 Å².